The fraction of sp³-hybridized carbons (Fsp3) is 0.333. The summed E-state index contributed by atoms with van der Waals surface area (Å²) in [5.41, 5.74) is 3.60. The monoisotopic (exact) mass is 272 g/mol. The van der Waals surface area contributed by atoms with Gasteiger partial charge in [0.25, 0.3) is 5.91 Å². The number of nitrogens with one attached hydrogen (secondary N) is 2. The molecule has 0 heterocycles. The van der Waals surface area contributed by atoms with Gasteiger partial charge in [-0.05, 0) is 37.1 Å². The Balaban J connectivity index is 1.93. The average molecular weight is 272 g/mol. The Kier molecular flexibility index (Phi) is 3.46. The Morgan fingerprint density at radius 3 is 2.11 bits per heavy atom. The zero-order valence-electron chi connectivity index (χ0n) is 9.75. The van der Waals surface area contributed by atoms with Gasteiger partial charge in [0, 0.05) is 11.5 Å². The van der Waals surface area contributed by atoms with Crippen molar-refractivity contribution in [2.24, 2.45) is 5.92 Å². The van der Waals surface area contributed by atoms with Crippen molar-refractivity contribution in [1.29, 1.82) is 0 Å². The molecule has 0 unspecified atom stereocenters. The van der Waals surface area contributed by atoms with E-state index in [9.17, 15) is 22.8 Å². The molecule has 1 fully saturated rings. The highest BCUT2D eigenvalue weighted by Crippen LogP contribution is 2.29. The molecule has 2 N–H and O–H groups in total. The Labute approximate surface area is 107 Å². The van der Waals surface area contributed by atoms with Crippen LogP contribution in [0.2, 0.25) is 0 Å². The van der Waals surface area contributed by atoms with Crippen molar-refractivity contribution >= 4 is 11.8 Å². The largest absolute Gasteiger partial charge is 0.416 e. The Hall–Kier alpha value is -2.05. The lowest BCUT2D eigenvalue weighted by molar-refractivity contribution is -0.137. The van der Waals surface area contributed by atoms with Gasteiger partial charge in [-0.15, -0.1) is 0 Å². The summed E-state index contributed by atoms with van der Waals surface area (Å²) in [5.74, 6) is -0.990. The van der Waals surface area contributed by atoms with Gasteiger partial charge in [0.15, 0.2) is 0 Å². The minimum absolute atomic E-state index is 0.0455. The first kappa shape index (κ1) is 13.4. The maximum absolute atomic E-state index is 12.3. The van der Waals surface area contributed by atoms with E-state index in [4.69, 9.17) is 0 Å². The van der Waals surface area contributed by atoms with Crippen molar-refractivity contribution in [3.8, 4) is 0 Å². The van der Waals surface area contributed by atoms with Crippen LogP contribution in [-0.2, 0) is 11.0 Å². The maximum atomic E-state index is 12.3. The molecule has 4 nitrogen and oxygen atoms in total. The number of carbonyl (C=O) groups is 2. The third-order valence-corrected chi connectivity index (χ3v) is 2.72. The van der Waals surface area contributed by atoms with Gasteiger partial charge < -0.3 is 0 Å². The Morgan fingerprint density at radius 2 is 1.63 bits per heavy atom. The summed E-state index contributed by atoms with van der Waals surface area (Å²) in [7, 11) is 0. The zero-order chi connectivity index (χ0) is 14.0. The molecule has 19 heavy (non-hydrogen) atoms. The molecule has 0 bridgehead atoms. The van der Waals surface area contributed by atoms with E-state index >= 15 is 0 Å². The number of amides is 2. The van der Waals surface area contributed by atoms with Crippen LogP contribution in [0.3, 0.4) is 0 Å². The molecule has 1 aliphatic carbocycles. The van der Waals surface area contributed by atoms with E-state index in [1.54, 1.807) is 0 Å². The highest BCUT2D eigenvalue weighted by Gasteiger charge is 2.31. The van der Waals surface area contributed by atoms with E-state index in [1.807, 2.05) is 0 Å². The SMILES string of the molecule is O=C(NNC(=O)C1CC1)c1ccc(C(F)(F)F)cc1. The van der Waals surface area contributed by atoms with Crippen molar-refractivity contribution in [2.75, 3.05) is 0 Å². The molecule has 2 amide bonds. The molecule has 102 valence electrons. The van der Waals surface area contributed by atoms with Crippen LogP contribution < -0.4 is 10.9 Å². The molecule has 0 atom stereocenters. The average Bonchev–Trinajstić information content (AvgIpc) is 3.19. The van der Waals surface area contributed by atoms with Gasteiger partial charge in [-0.25, -0.2) is 0 Å². The quantitative estimate of drug-likeness (QED) is 0.807. The molecule has 1 aromatic carbocycles. The summed E-state index contributed by atoms with van der Waals surface area (Å²) < 4.78 is 36.9. The fourth-order valence-electron chi connectivity index (χ4n) is 1.45. The van der Waals surface area contributed by atoms with Gasteiger partial charge >= 0.3 is 6.18 Å². The van der Waals surface area contributed by atoms with E-state index in [1.165, 1.54) is 0 Å². The van der Waals surface area contributed by atoms with Crippen LogP contribution in [-0.4, -0.2) is 11.8 Å². The molecule has 0 saturated heterocycles. The summed E-state index contributed by atoms with van der Waals surface area (Å²) in [6.07, 6.45) is -2.85. The minimum Gasteiger partial charge on any atom is -0.273 e. The molecule has 0 radical (unpaired) electrons. The van der Waals surface area contributed by atoms with Gasteiger partial charge in [-0.2, -0.15) is 13.2 Å². The van der Waals surface area contributed by atoms with E-state index < -0.39 is 17.6 Å². The summed E-state index contributed by atoms with van der Waals surface area (Å²) in [5, 5.41) is 0. The second kappa shape index (κ2) is 4.91. The summed E-state index contributed by atoms with van der Waals surface area (Å²) in [6.45, 7) is 0. The van der Waals surface area contributed by atoms with Crippen LogP contribution in [0.25, 0.3) is 0 Å². The smallest absolute Gasteiger partial charge is 0.273 e. The lowest BCUT2D eigenvalue weighted by atomic mass is 10.1. The van der Waals surface area contributed by atoms with Crippen molar-refractivity contribution in [3.05, 3.63) is 35.4 Å². The van der Waals surface area contributed by atoms with Crippen molar-refractivity contribution in [1.82, 2.24) is 10.9 Å². The first-order valence-corrected chi connectivity index (χ1v) is 5.65. The number of hydrogen-bond acceptors (Lipinski definition) is 2. The minimum atomic E-state index is -4.44. The van der Waals surface area contributed by atoms with E-state index in [2.05, 4.69) is 10.9 Å². The lowest BCUT2D eigenvalue weighted by Gasteiger charge is -2.09. The molecule has 1 aromatic rings. The summed E-state index contributed by atoms with van der Waals surface area (Å²) >= 11 is 0. The van der Waals surface area contributed by atoms with E-state index in [0.29, 0.717) is 0 Å². The van der Waals surface area contributed by atoms with Crippen LogP contribution in [0.15, 0.2) is 24.3 Å². The topological polar surface area (TPSA) is 58.2 Å². The fourth-order valence-corrected chi connectivity index (χ4v) is 1.45. The molecule has 1 aliphatic rings. The van der Waals surface area contributed by atoms with Gasteiger partial charge in [-0.1, -0.05) is 0 Å². The van der Waals surface area contributed by atoms with Crippen molar-refractivity contribution < 1.29 is 22.8 Å². The Bertz CT molecular complexity index is 493. The van der Waals surface area contributed by atoms with E-state index in [0.717, 1.165) is 37.1 Å². The van der Waals surface area contributed by atoms with Crippen molar-refractivity contribution in [3.63, 3.8) is 0 Å². The number of carbonyl (C=O) groups excluding carboxylic acids is 2. The van der Waals surface area contributed by atoms with Gasteiger partial charge in [0.05, 0.1) is 5.56 Å². The standard InChI is InChI=1S/C12H11F3N2O2/c13-12(14,15)9-5-3-8(4-6-9)11(19)17-16-10(18)7-1-2-7/h3-7H,1-2H2,(H,16,18)(H,17,19). The third kappa shape index (κ3) is 3.46. The van der Waals surface area contributed by atoms with Crippen LogP contribution in [0.1, 0.15) is 28.8 Å². The maximum Gasteiger partial charge on any atom is 0.416 e. The molecule has 0 spiro atoms. The summed E-state index contributed by atoms with van der Waals surface area (Å²) in [6, 6.07) is 3.75. The van der Waals surface area contributed by atoms with Crippen LogP contribution in [0.4, 0.5) is 13.2 Å². The van der Waals surface area contributed by atoms with Crippen LogP contribution in [0.5, 0.6) is 0 Å². The Morgan fingerprint density at radius 1 is 1.05 bits per heavy atom. The number of alkyl halides is 3. The van der Waals surface area contributed by atoms with Crippen LogP contribution in [0, 0.1) is 5.92 Å². The number of rotatable bonds is 2. The normalized spacial score (nSPS) is 14.9. The highest BCUT2D eigenvalue weighted by atomic mass is 19.4. The van der Waals surface area contributed by atoms with E-state index in [-0.39, 0.29) is 17.4 Å². The third-order valence-electron chi connectivity index (χ3n) is 2.72. The second-order valence-electron chi connectivity index (χ2n) is 4.29. The first-order valence-electron chi connectivity index (χ1n) is 5.65. The molecule has 1 saturated carbocycles. The number of hydrogen-bond donors (Lipinski definition) is 2. The predicted molar refractivity (Wildman–Crippen MR) is 59.8 cm³/mol. The molecule has 0 aliphatic heterocycles. The highest BCUT2D eigenvalue weighted by molar-refractivity contribution is 5.95. The molecule has 0 aromatic heterocycles. The molecule has 2 rings (SSSR count). The molecular weight excluding hydrogens is 261 g/mol. The van der Waals surface area contributed by atoms with Gasteiger partial charge in [0.2, 0.25) is 5.91 Å². The van der Waals surface area contributed by atoms with Gasteiger partial charge in [0.1, 0.15) is 0 Å². The lowest BCUT2D eigenvalue weighted by Crippen LogP contribution is -2.42. The first-order chi connectivity index (χ1) is 8.88. The number of hydrazine groups is 1. The van der Waals surface area contributed by atoms with Crippen molar-refractivity contribution in [2.45, 2.75) is 19.0 Å². The molecule has 7 heteroatoms. The second-order valence-corrected chi connectivity index (χ2v) is 4.29. The van der Waals surface area contributed by atoms with Gasteiger partial charge in [-0.3, -0.25) is 20.4 Å². The predicted octanol–water partition coefficient (Wildman–Crippen LogP) is 1.88. The zero-order valence-corrected chi connectivity index (χ0v) is 9.75. The number of halogens is 3. The van der Waals surface area contributed by atoms with Crippen LogP contribution >= 0.6 is 0 Å². The molecular formula is C12H11F3N2O2. The summed E-state index contributed by atoms with van der Waals surface area (Å²) in [4.78, 5) is 22.8. The number of benzene rings is 1.